The van der Waals surface area contributed by atoms with Crippen molar-refractivity contribution in [3.63, 3.8) is 0 Å². The summed E-state index contributed by atoms with van der Waals surface area (Å²) in [6.45, 7) is 5.23. The van der Waals surface area contributed by atoms with Crippen molar-refractivity contribution in [3.05, 3.63) is 54.1 Å². The molecule has 1 N–H and O–H groups in total. The van der Waals surface area contributed by atoms with Gasteiger partial charge in [-0.1, -0.05) is 6.07 Å². The molecule has 6 nitrogen and oxygen atoms in total. The fraction of sp³-hybridized carbons (Fsp3) is 0.263. The highest BCUT2D eigenvalue weighted by Gasteiger charge is 2.13. The number of anilines is 2. The third-order valence-electron chi connectivity index (χ3n) is 4.15. The smallest absolute Gasteiger partial charge is 0.280 e. The number of halogens is 2. The van der Waals surface area contributed by atoms with Crippen LogP contribution in [0.1, 0.15) is 37.6 Å². The molecule has 0 bridgehead atoms. The number of hydrogen-bond donors (Lipinski definition) is 1. The number of aryl methyl sites for hydroxylation is 1. The molecule has 1 aromatic carbocycles. The minimum atomic E-state index is -2.66. The van der Waals surface area contributed by atoms with Gasteiger partial charge < -0.3 is 5.32 Å². The summed E-state index contributed by atoms with van der Waals surface area (Å²) in [7, 11) is 0. The number of benzene rings is 1. The molecule has 3 aromatic rings. The molecule has 0 radical (unpaired) electrons. The van der Waals surface area contributed by atoms with E-state index < -0.39 is 6.43 Å². The first-order valence-electron chi connectivity index (χ1n) is 8.38. The van der Waals surface area contributed by atoms with Crippen LogP contribution in [0.3, 0.4) is 0 Å². The van der Waals surface area contributed by atoms with Crippen molar-refractivity contribution in [2.75, 3.05) is 5.32 Å². The van der Waals surface area contributed by atoms with Crippen molar-refractivity contribution in [1.29, 1.82) is 0 Å². The van der Waals surface area contributed by atoms with Gasteiger partial charge in [-0.25, -0.2) is 18.7 Å². The predicted molar refractivity (Wildman–Crippen MR) is 98.1 cm³/mol. The van der Waals surface area contributed by atoms with Crippen molar-refractivity contribution in [2.24, 2.45) is 0 Å². The number of carbonyl (C=O) groups excluding carboxylic acids is 1. The van der Waals surface area contributed by atoms with E-state index in [0.717, 1.165) is 16.7 Å². The van der Waals surface area contributed by atoms with Crippen molar-refractivity contribution in [3.8, 4) is 11.1 Å². The first-order chi connectivity index (χ1) is 12.8. The number of nitrogens with zero attached hydrogens (tertiary/aromatic N) is 4. The second-order valence-corrected chi connectivity index (χ2v) is 6.31. The van der Waals surface area contributed by atoms with E-state index in [1.807, 2.05) is 25.1 Å². The zero-order valence-electron chi connectivity index (χ0n) is 15.1. The monoisotopic (exact) mass is 371 g/mol. The van der Waals surface area contributed by atoms with E-state index in [1.54, 1.807) is 24.0 Å². The van der Waals surface area contributed by atoms with Crippen LogP contribution in [0.2, 0.25) is 0 Å². The van der Waals surface area contributed by atoms with Crippen LogP contribution < -0.4 is 5.32 Å². The highest BCUT2D eigenvalue weighted by Crippen LogP contribution is 2.27. The van der Waals surface area contributed by atoms with Crippen molar-refractivity contribution in [1.82, 2.24) is 19.7 Å². The number of nitrogens with one attached hydrogen (secondary N) is 1. The second kappa shape index (κ2) is 7.61. The second-order valence-electron chi connectivity index (χ2n) is 6.31. The highest BCUT2D eigenvalue weighted by molar-refractivity contribution is 5.79. The summed E-state index contributed by atoms with van der Waals surface area (Å²) in [6.07, 6.45) is 2.13. The lowest BCUT2D eigenvalue weighted by atomic mass is 10.1. The Morgan fingerprint density at radius 3 is 2.70 bits per heavy atom. The van der Waals surface area contributed by atoms with E-state index >= 15 is 0 Å². The summed E-state index contributed by atoms with van der Waals surface area (Å²) >= 11 is 0. The number of rotatable bonds is 6. The van der Waals surface area contributed by atoms with E-state index in [1.165, 1.54) is 19.2 Å². The fourth-order valence-corrected chi connectivity index (χ4v) is 2.59. The summed E-state index contributed by atoms with van der Waals surface area (Å²) in [6, 6.07) is 6.53. The summed E-state index contributed by atoms with van der Waals surface area (Å²) in [5.41, 5.74) is 3.03. The summed E-state index contributed by atoms with van der Waals surface area (Å²) < 4.78 is 27.2. The maximum absolute atomic E-state index is 12.8. The van der Waals surface area contributed by atoms with Gasteiger partial charge in [-0.15, -0.1) is 0 Å². The van der Waals surface area contributed by atoms with Crippen LogP contribution >= 0.6 is 0 Å². The van der Waals surface area contributed by atoms with Crippen LogP contribution in [0.4, 0.5) is 20.4 Å². The summed E-state index contributed by atoms with van der Waals surface area (Å²) in [5.74, 6) is 0.123. The lowest BCUT2D eigenvalue weighted by Crippen LogP contribution is -2.13. The molecule has 1 unspecified atom stereocenters. The molecule has 0 saturated heterocycles. The first kappa shape index (κ1) is 18.6. The third kappa shape index (κ3) is 4.33. The van der Waals surface area contributed by atoms with E-state index in [-0.39, 0.29) is 23.5 Å². The molecule has 1 atom stereocenters. The molecule has 2 aromatic heterocycles. The molecule has 0 spiro atoms. The SMILES string of the molecule is CC(=O)C(C)n1cc(-c2cc(C)cc(Nc3nccc(C(F)F)n3)c2)cn1. The Morgan fingerprint density at radius 1 is 1.22 bits per heavy atom. The van der Waals surface area contributed by atoms with Gasteiger partial charge in [0.05, 0.1) is 6.20 Å². The molecule has 0 aliphatic heterocycles. The van der Waals surface area contributed by atoms with Crippen LogP contribution in [-0.4, -0.2) is 25.5 Å². The topological polar surface area (TPSA) is 72.7 Å². The zero-order valence-corrected chi connectivity index (χ0v) is 15.1. The molecular formula is C19H19F2N5O. The lowest BCUT2D eigenvalue weighted by molar-refractivity contribution is -0.119. The Balaban J connectivity index is 1.89. The predicted octanol–water partition coefficient (Wildman–Crippen LogP) is 4.48. The maximum Gasteiger partial charge on any atom is 0.280 e. The summed E-state index contributed by atoms with van der Waals surface area (Å²) in [5, 5.41) is 7.22. The molecule has 2 heterocycles. The highest BCUT2D eigenvalue weighted by atomic mass is 19.3. The number of hydrogen-bond acceptors (Lipinski definition) is 5. The first-order valence-corrected chi connectivity index (χ1v) is 8.38. The standard InChI is InChI=1S/C19H19F2N5O/c1-11-6-14(15-9-23-26(10-15)12(2)13(3)27)8-16(7-11)24-19-22-5-4-17(25-19)18(20)21/h4-10,12,18H,1-3H3,(H,22,24,25). The molecule has 3 rings (SSSR count). The molecule has 140 valence electrons. The Bertz CT molecular complexity index is 970. The van der Waals surface area contributed by atoms with E-state index in [2.05, 4.69) is 20.4 Å². The Kier molecular flexibility index (Phi) is 5.25. The zero-order chi connectivity index (χ0) is 19.6. The van der Waals surface area contributed by atoms with Crippen molar-refractivity contribution in [2.45, 2.75) is 33.2 Å². The molecule has 0 fully saturated rings. The molecule has 27 heavy (non-hydrogen) atoms. The minimum Gasteiger partial charge on any atom is -0.324 e. The number of alkyl halides is 2. The van der Waals surface area contributed by atoms with E-state index in [0.29, 0.717) is 5.69 Å². The van der Waals surface area contributed by atoms with Gasteiger partial charge >= 0.3 is 0 Å². The number of aromatic nitrogens is 4. The molecule has 0 saturated carbocycles. The van der Waals surface area contributed by atoms with Crippen LogP contribution in [0, 0.1) is 6.92 Å². The molecule has 8 heteroatoms. The van der Waals surface area contributed by atoms with Gasteiger partial charge in [-0.2, -0.15) is 5.10 Å². The lowest BCUT2D eigenvalue weighted by Gasteiger charge is -2.10. The quantitative estimate of drug-likeness (QED) is 0.692. The van der Waals surface area contributed by atoms with Gasteiger partial charge in [0.15, 0.2) is 5.78 Å². The van der Waals surface area contributed by atoms with E-state index in [9.17, 15) is 13.6 Å². The largest absolute Gasteiger partial charge is 0.324 e. The molecular weight excluding hydrogens is 352 g/mol. The van der Waals surface area contributed by atoms with Gasteiger partial charge in [0.25, 0.3) is 6.43 Å². The number of carbonyl (C=O) groups is 1. The van der Waals surface area contributed by atoms with E-state index in [4.69, 9.17) is 0 Å². The maximum atomic E-state index is 12.8. The average molecular weight is 371 g/mol. The van der Waals surface area contributed by atoms with Crippen LogP contribution in [0.5, 0.6) is 0 Å². The number of ketones is 1. The number of Topliss-reactive ketones (excluding diaryl/α,β-unsaturated/α-hetero) is 1. The Labute approximate surface area is 155 Å². The molecule has 0 aliphatic carbocycles. The van der Waals surface area contributed by atoms with Gasteiger partial charge in [0.1, 0.15) is 11.7 Å². The summed E-state index contributed by atoms with van der Waals surface area (Å²) in [4.78, 5) is 19.3. The molecule has 0 amide bonds. The third-order valence-corrected chi connectivity index (χ3v) is 4.15. The van der Waals surface area contributed by atoms with Crippen LogP contribution in [0.25, 0.3) is 11.1 Å². The van der Waals surface area contributed by atoms with Gasteiger partial charge in [0, 0.05) is 23.6 Å². The average Bonchev–Trinajstić information content (AvgIpc) is 3.10. The molecule has 0 aliphatic rings. The van der Waals surface area contributed by atoms with Gasteiger partial charge in [-0.3, -0.25) is 9.48 Å². The van der Waals surface area contributed by atoms with Crippen LogP contribution in [-0.2, 0) is 4.79 Å². The van der Waals surface area contributed by atoms with Crippen LogP contribution in [0.15, 0.2) is 42.9 Å². The van der Waals surface area contributed by atoms with Gasteiger partial charge in [-0.05, 0) is 50.1 Å². The Morgan fingerprint density at radius 2 is 2.00 bits per heavy atom. The normalized spacial score (nSPS) is 12.2. The minimum absolute atomic E-state index is 0.0207. The van der Waals surface area contributed by atoms with Gasteiger partial charge in [0.2, 0.25) is 5.95 Å². The Hall–Kier alpha value is -3.16. The van der Waals surface area contributed by atoms with Crippen molar-refractivity contribution < 1.29 is 13.6 Å². The fourth-order valence-electron chi connectivity index (χ4n) is 2.59. The van der Waals surface area contributed by atoms with Crippen molar-refractivity contribution >= 4 is 17.4 Å².